The summed E-state index contributed by atoms with van der Waals surface area (Å²) in [6.45, 7) is 3.98. The molecule has 182 valence electrons. The number of dihydropyridines is 1. The Balaban J connectivity index is 1.81. The van der Waals surface area contributed by atoms with Crippen molar-refractivity contribution >= 4 is 17.4 Å². The van der Waals surface area contributed by atoms with Crippen LogP contribution in [0.5, 0.6) is 5.75 Å². The molecule has 0 fully saturated rings. The van der Waals surface area contributed by atoms with Gasteiger partial charge in [0.1, 0.15) is 0 Å². The standard InChI is InChI=1S/C27H28N2O6/c1-3-4-12-35-27(32)24-16(2)28-20-13-19(17-8-6-5-7-9-17)15-23(31)26(20)25(24)18-10-11-22(30)21(14-18)29(33)34/h5-11,14,19,25,28,30H,3-4,12-13,15H2,1-2H3/t19-,25-/m1/s1. The number of ketones is 1. The second-order valence-electron chi connectivity index (χ2n) is 8.92. The van der Waals surface area contributed by atoms with E-state index < -0.39 is 28.2 Å². The maximum atomic E-state index is 13.6. The van der Waals surface area contributed by atoms with E-state index in [0.717, 1.165) is 12.0 Å². The molecule has 4 rings (SSSR count). The Morgan fingerprint density at radius 3 is 2.60 bits per heavy atom. The van der Waals surface area contributed by atoms with Crippen molar-refractivity contribution in [2.24, 2.45) is 0 Å². The quantitative estimate of drug-likeness (QED) is 0.250. The number of phenols is 1. The van der Waals surface area contributed by atoms with Gasteiger partial charge in [0.25, 0.3) is 0 Å². The van der Waals surface area contributed by atoms with Gasteiger partial charge in [-0.3, -0.25) is 14.9 Å². The number of nitrogens with one attached hydrogen (secondary N) is 1. The molecule has 0 radical (unpaired) electrons. The molecule has 2 aliphatic rings. The Hall–Kier alpha value is -3.94. The van der Waals surface area contributed by atoms with Gasteiger partial charge in [-0.15, -0.1) is 0 Å². The topological polar surface area (TPSA) is 119 Å². The van der Waals surface area contributed by atoms with E-state index in [9.17, 15) is 24.8 Å². The van der Waals surface area contributed by atoms with E-state index in [1.54, 1.807) is 6.92 Å². The summed E-state index contributed by atoms with van der Waals surface area (Å²) >= 11 is 0. The van der Waals surface area contributed by atoms with Gasteiger partial charge < -0.3 is 15.2 Å². The van der Waals surface area contributed by atoms with Crippen LogP contribution in [-0.2, 0) is 14.3 Å². The fourth-order valence-corrected chi connectivity index (χ4v) is 4.86. The zero-order chi connectivity index (χ0) is 25.1. The normalized spacial score (nSPS) is 19.8. The largest absolute Gasteiger partial charge is 0.502 e. The number of allylic oxidation sites excluding steroid dienone is 3. The van der Waals surface area contributed by atoms with Gasteiger partial charge in [-0.05, 0) is 42.9 Å². The number of hydrogen-bond donors (Lipinski definition) is 2. The van der Waals surface area contributed by atoms with E-state index in [1.807, 2.05) is 37.3 Å². The molecule has 0 bridgehead atoms. The van der Waals surface area contributed by atoms with E-state index in [0.29, 0.717) is 35.4 Å². The molecule has 0 saturated carbocycles. The Bertz CT molecular complexity index is 1230. The number of ether oxygens (including phenoxy) is 1. The summed E-state index contributed by atoms with van der Waals surface area (Å²) in [5.41, 5.74) is 2.89. The molecule has 2 atom stereocenters. The molecule has 1 heterocycles. The summed E-state index contributed by atoms with van der Waals surface area (Å²) < 4.78 is 5.50. The van der Waals surface area contributed by atoms with Crippen LogP contribution in [0.3, 0.4) is 0 Å². The van der Waals surface area contributed by atoms with Crippen LogP contribution < -0.4 is 5.32 Å². The zero-order valence-corrected chi connectivity index (χ0v) is 19.7. The Kier molecular flexibility index (Phi) is 7.00. The van der Waals surface area contributed by atoms with Crippen LogP contribution in [0.1, 0.15) is 62.5 Å². The first-order chi connectivity index (χ1) is 16.8. The molecular weight excluding hydrogens is 448 g/mol. The number of nitrogens with zero attached hydrogens (tertiary/aromatic N) is 1. The Morgan fingerprint density at radius 2 is 1.91 bits per heavy atom. The number of esters is 1. The van der Waals surface area contributed by atoms with E-state index in [1.165, 1.54) is 18.2 Å². The number of benzene rings is 2. The average Bonchev–Trinajstić information content (AvgIpc) is 2.83. The van der Waals surface area contributed by atoms with Crippen LogP contribution in [0, 0.1) is 10.1 Å². The van der Waals surface area contributed by atoms with Crippen molar-refractivity contribution in [1.82, 2.24) is 5.32 Å². The number of aromatic hydroxyl groups is 1. The summed E-state index contributed by atoms with van der Waals surface area (Å²) in [5.74, 6) is -2.01. The van der Waals surface area contributed by atoms with Gasteiger partial charge in [-0.2, -0.15) is 0 Å². The predicted octanol–water partition coefficient (Wildman–Crippen LogP) is 5.01. The molecule has 0 aromatic heterocycles. The van der Waals surface area contributed by atoms with Gasteiger partial charge >= 0.3 is 11.7 Å². The molecule has 0 spiro atoms. The van der Waals surface area contributed by atoms with Crippen LogP contribution in [-0.4, -0.2) is 28.4 Å². The van der Waals surface area contributed by atoms with Crippen LogP contribution in [0.4, 0.5) is 5.69 Å². The van der Waals surface area contributed by atoms with Crippen molar-refractivity contribution in [3.05, 3.63) is 92.3 Å². The lowest BCUT2D eigenvalue weighted by molar-refractivity contribution is -0.385. The van der Waals surface area contributed by atoms with Crippen LogP contribution in [0.2, 0.25) is 0 Å². The maximum Gasteiger partial charge on any atom is 0.336 e. The predicted molar refractivity (Wildman–Crippen MR) is 130 cm³/mol. The number of rotatable bonds is 7. The highest BCUT2D eigenvalue weighted by Crippen LogP contribution is 2.46. The summed E-state index contributed by atoms with van der Waals surface area (Å²) in [5, 5.41) is 24.8. The molecule has 8 heteroatoms. The van der Waals surface area contributed by atoms with Crippen LogP contribution in [0.25, 0.3) is 0 Å². The molecule has 2 aromatic carbocycles. The van der Waals surface area contributed by atoms with Crippen molar-refractivity contribution in [3.8, 4) is 5.75 Å². The number of phenolic OH excluding ortho intramolecular Hbond substituents is 1. The van der Waals surface area contributed by atoms with Crippen molar-refractivity contribution in [2.75, 3.05) is 6.61 Å². The monoisotopic (exact) mass is 476 g/mol. The van der Waals surface area contributed by atoms with Gasteiger partial charge in [-0.25, -0.2) is 4.79 Å². The van der Waals surface area contributed by atoms with E-state index >= 15 is 0 Å². The molecule has 0 saturated heterocycles. The lowest BCUT2D eigenvalue weighted by atomic mass is 9.71. The maximum absolute atomic E-state index is 13.6. The third-order valence-electron chi connectivity index (χ3n) is 6.58. The van der Waals surface area contributed by atoms with Crippen molar-refractivity contribution in [2.45, 2.75) is 51.4 Å². The Labute approximate surface area is 203 Å². The highest BCUT2D eigenvalue weighted by Gasteiger charge is 2.42. The van der Waals surface area contributed by atoms with E-state index in [-0.39, 0.29) is 30.3 Å². The van der Waals surface area contributed by atoms with E-state index in [4.69, 9.17) is 4.74 Å². The van der Waals surface area contributed by atoms with Gasteiger partial charge in [-0.1, -0.05) is 49.7 Å². The molecule has 0 unspecified atom stereocenters. The molecule has 2 aromatic rings. The number of unbranched alkanes of at least 4 members (excludes halogenated alkanes) is 1. The summed E-state index contributed by atoms with van der Waals surface area (Å²) in [7, 11) is 0. The average molecular weight is 477 g/mol. The van der Waals surface area contributed by atoms with Crippen LogP contribution >= 0.6 is 0 Å². The molecule has 35 heavy (non-hydrogen) atoms. The van der Waals surface area contributed by atoms with Gasteiger partial charge in [0.15, 0.2) is 11.5 Å². The number of Topliss-reactive ketones (excluding diaryl/α,β-unsaturated/α-hetero) is 1. The lowest BCUT2D eigenvalue weighted by Gasteiger charge is -2.36. The number of carbonyl (C=O) groups excluding carboxylic acids is 2. The first-order valence-electron chi connectivity index (χ1n) is 11.7. The molecule has 0 amide bonds. The minimum absolute atomic E-state index is 0.0180. The molecule has 8 nitrogen and oxygen atoms in total. The molecule has 1 aliphatic heterocycles. The molecule has 2 N–H and O–H groups in total. The smallest absolute Gasteiger partial charge is 0.336 e. The third-order valence-corrected chi connectivity index (χ3v) is 6.58. The number of nitro benzene ring substituents is 1. The van der Waals surface area contributed by atoms with Gasteiger partial charge in [0.05, 0.1) is 17.1 Å². The first-order valence-corrected chi connectivity index (χ1v) is 11.7. The highest BCUT2D eigenvalue weighted by molar-refractivity contribution is 6.04. The summed E-state index contributed by atoms with van der Waals surface area (Å²) in [4.78, 5) is 37.6. The first kappa shape index (κ1) is 24.2. The van der Waals surface area contributed by atoms with Gasteiger partial charge in [0, 0.05) is 35.4 Å². The summed E-state index contributed by atoms with van der Waals surface area (Å²) in [6, 6.07) is 13.8. The van der Waals surface area contributed by atoms with Crippen molar-refractivity contribution < 1.29 is 24.4 Å². The fraction of sp³-hybridized carbons (Fsp3) is 0.333. The van der Waals surface area contributed by atoms with Gasteiger partial charge in [0.2, 0.25) is 0 Å². The molecule has 1 aliphatic carbocycles. The highest BCUT2D eigenvalue weighted by atomic mass is 16.6. The number of carbonyl (C=O) groups is 2. The second kappa shape index (κ2) is 10.1. The SMILES string of the molecule is CCCCOC(=O)C1=C(C)NC2=C(C(=O)C[C@H](c3ccccc3)C2)[C@@H]1c1ccc(O)c([N+](=O)[O-])c1. The van der Waals surface area contributed by atoms with Crippen molar-refractivity contribution in [1.29, 1.82) is 0 Å². The Morgan fingerprint density at radius 1 is 1.17 bits per heavy atom. The van der Waals surface area contributed by atoms with E-state index in [2.05, 4.69) is 5.32 Å². The van der Waals surface area contributed by atoms with Crippen molar-refractivity contribution in [3.63, 3.8) is 0 Å². The zero-order valence-electron chi connectivity index (χ0n) is 19.7. The minimum atomic E-state index is -0.830. The lowest BCUT2D eigenvalue weighted by Crippen LogP contribution is -2.36. The number of nitro groups is 1. The summed E-state index contributed by atoms with van der Waals surface area (Å²) in [6.07, 6.45) is 2.38. The number of hydrogen-bond acceptors (Lipinski definition) is 7. The second-order valence-corrected chi connectivity index (χ2v) is 8.92. The third kappa shape index (κ3) is 4.82. The van der Waals surface area contributed by atoms with Crippen LogP contribution in [0.15, 0.2) is 71.1 Å². The minimum Gasteiger partial charge on any atom is -0.502 e. The molecular formula is C27H28N2O6. The fourth-order valence-electron chi connectivity index (χ4n) is 4.86.